The first kappa shape index (κ1) is 11.4. The SMILES string of the molecule is Clc1ccc(CCc2cc3ccccc3o2)cc1. The monoisotopic (exact) mass is 256 g/mol. The van der Waals surface area contributed by atoms with Crippen LogP contribution in [0.3, 0.4) is 0 Å². The fourth-order valence-corrected chi connectivity index (χ4v) is 2.20. The molecule has 3 rings (SSSR count). The molecule has 3 aromatic rings. The van der Waals surface area contributed by atoms with Crippen LogP contribution in [-0.2, 0) is 12.8 Å². The lowest BCUT2D eigenvalue weighted by molar-refractivity contribution is 0.547. The molecule has 0 radical (unpaired) electrons. The summed E-state index contributed by atoms with van der Waals surface area (Å²) in [5.41, 5.74) is 2.24. The van der Waals surface area contributed by atoms with Gasteiger partial charge in [-0.15, -0.1) is 0 Å². The van der Waals surface area contributed by atoms with Crippen LogP contribution in [0, 0.1) is 0 Å². The van der Waals surface area contributed by atoms with Gasteiger partial charge in [-0.2, -0.15) is 0 Å². The zero-order valence-corrected chi connectivity index (χ0v) is 10.7. The Morgan fingerprint density at radius 1 is 0.889 bits per heavy atom. The van der Waals surface area contributed by atoms with Crippen molar-refractivity contribution in [3.63, 3.8) is 0 Å². The second-order valence-electron chi connectivity index (χ2n) is 4.38. The van der Waals surface area contributed by atoms with E-state index in [1.54, 1.807) is 0 Å². The maximum Gasteiger partial charge on any atom is 0.134 e. The minimum Gasteiger partial charge on any atom is -0.461 e. The number of hydrogen-bond donors (Lipinski definition) is 0. The molecule has 1 aromatic heterocycles. The molecule has 1 heterocycles. The van der Waals surface area contributed by atoms with Crippen molar-refractivity contribution in [3.8, 4) is 0 Å². The van der Waals surface area contributed by atoms with Crippen LogP contribution in [0.5, 0.6) is 0 Å². The van der Waals surface area contributed by atoms with Crippen molar-refractivity contribution < 1.29 is 4.42 Å². The Morgan fingerprint density at radius 2 is 1.67 bits per heavy atom. The van der Waals surface area contributed by atoms with Gasteiger partial charge in [0.1, 0.15) is 11.3 Å². The Morgan fingerprint density at radius 3 is 2.44 bits per heavy atom. The van der Waals surface area contributed by atoms with E-state index in [2.05, 4.69) is 24.3 Å². The highest BCUT2D eigenvalue weighted by Crippen LogP contribution is 2.20. The lowest BCUT2D eigenvalue weighted by atomic mass is 10.1. The van der Waals surface area contributed by atoms with Crippen molar-refractivity contribution in [3.05, 3.63) is 70.9 Å². The van der Waals surface area contributed by atoms with E-state index in [1.165, 1.54) is 10.9 Å². The van der Waals surface area contributed by atoms with Crippen LogP contribution in [-0.4, -0.2) is 0 Å². The molecule has 0 saturated heterocycles. The second kappa shape index (κ2) is 4.87. The summed E-state index contributed by atoms with van der Waals surface area (Å²) in [6.07, 6.45) is 1.88. The largest absolute Gasteiger partial charge is 0.461 e. The molecule has 0 aliphatic rings. The van der Waals surface area contributed by atoms with Crippen molar-refractivity contribution >= 4 is 22.6 Å². The van der Waals surface area contributed by atoms with Crippen molar-refractivity contribution in [2.24, 2.45) is 0 Å². The number of hydrogen-bond acceptors (Lipinski definition) is 1. The van der Waals surface area contributed by atoms with E-state index in [9.17, 15) is 0 Å². The van der Waals surface area contributed by atoms with Gasteiger partial charge in [-0.3, -0.25) is 0 Å². The van der Waals surface area contributed by atoms with E-state index in [0.717, 1.165) is 29.2 Å². The third-order valence-electron chi connectivity index (χ3n) is 3.05. The Labute approximate surface area is 111 Å². The molecule has 2 heteroatoms. The molecule has 0 saturated carbocycles. The number of furan rings is 1. The summed E-state index contributed by atoms with van der Waals surface area (Å²) in [7, 11) is 0. The van der Waals surface area contributed by atoms with Crippen LogP contribution >= 0.6 is 11.6 Å². The van der Waals surface area contributed by atoms with Gasteiger partial charge >= 0.3 is 0 Å². The predicted molar refractivity (Wildman–Crippen MR) is 75.1 cm³/mol. The summed E-state index contributed by atoms with van der Waals surface area (Å²) in [5.74, 6) is 1.03. The summed E-state index contributed by atoms with van der Waals surface area (Å²) >= 11 is 5.86. The van der Waals surface area contributed by atoms with Gasteiger partial charge in [0, 0.05) is 16.8 Å². The molecule has 0 amide bonds. The maximum absolute atomic E-state index is 5.86. The number of rotatable bonds is 3. The molecule has 0 N–H and O–H groups in total. The van der Waals surface area contributed by atoms with E-state index in [0.29, 0.717) is 0 Å². The number of para-hydroxylation sites is 1. The lowest BCUT2D eigenvalue weighted by Crippen LogP contribution is -1.88. The molecule has 1 nitrogen and oxygen atoms in total. The van der Waals surface area contributed by atoms with Gasteiger partial charge < -0.3 is 4.42 Å². The predicted octanol–water partition coefficient (Wildman–Crippen LogP) is 4.87. The zero-order valence-electron chi connectivity index (χ0n) is 9.90. The van der Waals surface area contributed by atoms with Crippen LogP contribution < -0.4 is 0 Å². The molecule has 0 unspecified atom stereocenters. The van der Waals surface area contributed by atoms with Crippen LogP contribution in [0.4, 0.5) is 0 Å². The van der Waals surface area contributed by atoms with Gasteiger partial charge in [-0.25, -0.2) is 0 Å². The molecule has 18 heavy (non-hydrogen) atoms. The van der Waals surface area contributed by atoms with Gasteiger partial charge in [0.15, 0.2) is 0 Å². The molecule has 0 aliphatic carbocycles. The Balaban J connectivity index is 1.74. The van der Waals surface area contributed by atoms with Crippen LogP contribution in [0.15, 0.2) is 59.0 Å². The van der Waals surface area contributed by atoms with Crippen molar-refractivity contribution in [1.29, 1.82) is 0 Å². The van der Waals surface area contributed by atoms with Crippen LogP contribution in [0.2, 0.25) is 5.02 Å². The zero-order chi connectivity index (χ0) is 12.4. The number of benzene rings is 2. The first-order valence-electron chi connectivity index (χ1n) is 6.03. The van der Waals surface area contributed by atoms with Gasteiger partial charge in [0.05, 0.1) is 0 Å². The number of fused-ring (bicyclic) bond motifs is 1. The Kier molecular flexibility index (Phi) is 3.07. The van der Waals surface area contributed by atoms with E-state index in [4.69, 9.17) is 16.0 Å². The maximum atomic E-state index is 5.86. The third kappa shape index (κ3) is 2.41. The highest BCUT2D eigenvalue weighted by Gasteiger charge is 2.03. The first-order valence-corrected chi connectivity index (χ1v) is 6.41. The Bertz CT molecular complexity index is 619. The molecule has 2 aromatic carbocycles. The smallest absolute Gasteiger partial charge is 0.134 e. The van der Waals surface area contributed by atoms with E-state index in [-0.39, 0.29) is 0 Å². The van der Waals surface area contributed by atoms with Gasteiger partial charge in [-0.1, -0.05) is 41.9 Å². The fourth-order valence-electron chi connectivity index (χ4n) is 2.08. The molecule has 0 aliphatic heterocycles. The van der Waals surface area contributed by atoms with E-state index < -0.39 is 0 Å². The van der Waals surface area contributed by atoms with Crippen LogP contribution in [0.1, 0.15) is 11.3 Å². The lowest BCUT2D eigenvalue weighted by Gasteiger charge is -1.99. The highest BCUT2D eigenvalue weighted by molar-refractivity contribution is 6.30. The van der Waals surface area contributed by atoms with Crippen molar-refractivity contribution in [2.45, 2.75) is 12.8 Å². The molecule has 0 bridgehead atoms. The quantitative estimate of drug-likeness (QED) is 0.651. The molecule has 90 valence electrons. The Hall–Kier alpha value is -1.73. The summed E-state index contributed by atoms with van der Waals surface area (Å²) in [4.78, 5) is 0. The van der Waals surface area contributed by atoms with Crippen LogP contribution in [0.25, 0.3) is 11.0 Å². The minimum atomic E-state index is 0.780. The first-order chi connectivity index (χ1) is 8.81. The highest BCUT2D eigenvalue weighted by atomic mass is 35.5. The topological polar surface area (TPSA) is 13.1 Å². The molecular formula is C16H13ClO. The van der Waals surface area contributed by atoms with Crippen molar-refractivity contribution in [2.75, 3.05) is 0 Å². The number of halogens is 1. The standard InChI is InChI=1S/C16H13ClO/c17-14-8-5-12(6-9-14)7-10-15-11-13-3-1-2-4-16(13)18-15/h1-6,8-9,11H,7,10H2. The van der Waals surface area contributed by atoms with Crippen molar-refractivity contribution in [1.82, 2.24) is 0 Å². The van der Waals surface area contributed by atoms with E-state index in [1.807, 2.05) is 30.3 Å². The third-order valence-corrected chi connectivity index (χ3v) is 3.30. The normalized spacial score (nSPS) is 10.9. The molecule has 0 spiro atoms. The van der Waals surface area contributed by atoms with Gasteiger partial charge in [-0.05, 0) is 36.2 Å². The van der Waals surface area contributed by atoms with E-state index >= 15 is 0 Å². The summed E-state index contributed by atoms with van der Waals surface area (Å²) in [5, 5.41) is 1.95. The molecule has 0 fully saturated rings. The number of aryl methyl sites for hydroxylation is 2. The molecular weight excluding hydrogens is 244 g/mol. The van der Waals surface area contributed by atoms with Gasteiger partial charge in [0.2, 0.25) is 0 Å². The van der Waals surface area contributed by atoms with Gasteiger partial charge in [0.25, 0.3) is 0 Å². The molecule has 0 atom stereocenters. The average molecular weight is 257 g/mol. The summed E-state index contributed by atoms with van der Waals surface area (Å²) in [6.45, 7) is 0. The minimum absolute atomic E-state index is 0.780. The summed E-state index contributed by atoms with van der Waals surface area (Å²) in [6, 6.07) is 18.2. The average Bonchev–Trinajstić information content (AvgIpc) is 2.81. The fraction of sp³-hybridized carbons (Fsp3) is 0.125. The second-order valence-corrected chi connectivity index (χ2v) is 4.81. The summed E-state index contributed by atoms with van der Waals surface area (Å²) < 4.78 is 5.79.